The normalized spacial score (nSPS) is 35.8. The molecule has 0 aromatic carbocycles. The molecule has 2 heterocycles. The molecule has 1 unspecified atom stereocenters. The number of nitrogens with zero attached hydrogens (tertiary/aromatic N) is 2. The molecule has 0 amide bonds. The second kappa shape index (κ2) is 3.23. The molecule has 0 aromatic heterocycles. The summed E-state index contributed by atoms with van der Waals surface area (Å²) >= 11 is 0. The summed E-state index contributed by atoms with van der Waals surface area (Å²) in [6, 6.07) is 0.631. The average molecular weight is 184 g/mol. The Hall–Kier alpha value is -0.120. The van der Waals surface area contributed by atoms with Gasteiger partial charge in [0, 0.05) is 32.2 Å². The highest BCUT2D eigenvalue weighted by Crippen LogP contribution is 2.22. The fourth-order valence-corrected chi connectivity index (χ4v) is 2.27. The molecule has 1 atom stereocenters. The fraction of sp³-hybridized carbons (Fsp3) is 1.00. The highest BCUT2D eigenvalue weighted by Gasteiger charge is 2.35. The van der Waals surface area contributed by atoms with Crippen molar-refractivity contribution in [2.45, 2.75) is 25.5 Å². The number of hydrogen-bond donors (Lipinski definition) is 0. The lowest BCUT2D eigenvalue weighted by Crippen LogP contribution is -2.61. The smallest absolute Gasteiger partial charge is 0.0753 e. The van der Waals surface area contributed by atoms with Crippen molar-refractivity contribution < 1.29 is 4.74 Å². The van der Waals surface area contributed by atoms with Crippen LogP contribution in [0, 0.1) is 0 Å². The molecule has 2 aliphatic rings. The Labute approximate surface area is 80.6 Å². The van der Waals surface area contributed by atoms with E-state index in [1.54, 1.807) is 0 Å². The van der Waals surface area contributed by atoms with Gasteiger partial charge in [-0.25, -0.2) is 0 Å². The minimum absolute atomic E-state index is 0.0619. The molecule has 0 aliphatic carbocycles. The molecule has 0 saturated carbocycles. The summed E-state index contributed by atoms with van der Waals surface area (Å²) in [6.45, 7) is 9.92. The second-order valence-corrected chi connectivity index (χ2v) is 4.96. The van der Waals surface area contributed by atoms with Gasteiger partial charge in [-0.2, -0.15) is 0 Å². The Morgan fingerprint density at radius 1 is 1.31 bits per heavy atom. The van der Waals surface area contributed by atoms with Crippen molar-refractivity contribution in [2.75, 3.05) is 39.8 Å². The molecule has 76 valence electrons. The summed E-state index contributed by atoms with van der Waals surface area (Å²) in [4.78, 5) is 4.96. The third-order valence-corrected chi connectivity index (χ3v) is 3.06. The average Bonchev–Trinajstić information content (AvgIpc) is 2.05. The standard InChI is InChI=1S/C10H20N2O/c1-10(2)8-12-5-4-11(3)6-9(12)7-13-10/h9H,4-8H2,1-3H3. The molecule has 3 nitrogen and oxygen atoms in total. The van der Waals surface area contributed by atoms with E-state index < -0.39 is 0 Å². The number of piperazine rings is 1. The largest absolute Gasteiger partial charge is 0.373 e. The van der Waals surface area contributed by atoms with E-state index in [1.165, 1.54) is 13.1 Å². The van der Waals surface area contributed by atoms with Crippen molar-refractivity contribution in [3.05, 3.63) is 0 Å². The Kier molecular flexibility index (Phi) is 2.34. The molecule has 0 aromatic rings. The minimum atomic E-state index is 0.0619. The third-order valence-electron chi connectivity index (χ3n) is 3.06. The van der Waals surface area contributed by atoms with Crippen molar-refractivity contribution in [1.82, 2.24) is 9.80 Å². The van der Waals surface area contributed by atoms with E-state index in [0.717, 1.165) is 19.7 Å². The lowest BCUT2D eigenvalue weighted by Gasteiger charge is -2.48. The van der Waals surface area contributed by atoms with E-state index in [-0.39, 0.29) is 5.60 Å². The maximum absolute atomic E-state index is 5.81. The van der Waals surface area contributed by atoms with E-state index in [9.17, 15) is 0 Å². The summed E-state index contributed by atoms with van der Waals surface area (Å²) in [5.74, 6) is 0. The van der Waals surface area contributed by atoms with Crippen LogP contribution in [0.2, 0.25) is 0 Å². The predicted molar refractivity (Wildman–Crippen MR) is 52.9 cm³/mol. The highest BCUT2D eigenvalue weighted by atomic mass is 16.5. The molecule has 2 aliphatic heterocycles. The first-order valence-electron chi connectivity index (χ1n) is 5.13. The van der Waals surface area contributed by atoms with Gasteiger partial charge in [0.15, 0.2) is 0 Å². The number of morpholine rings is 1. The summed E-state index contributed by atoms with van der Waals surface area (Å²) in [6.07, 6.45) is 0. The quantitative estimate of drug-likeness (QED) is 0.542. The van der Waals surface area contributed by atoms with Gasteiger partial charge in [-0.1, -0.05) is 0 Å². The first-order valence-corrected chi connectivity index (χ1v) is 5.13. The monoisotopic (exact) mass is 184 g/mol. The summed E-state index contributed by atoms with van der Waals surface area (Å²) in [7, 11) is 2.19. The van der Waals surface area contributed by atoms with Gasteiger partial charge in [0.1, 0.15) is 0 Å². The van der Waals surface area contributed by atoms with E-state index >= 15 is 0 Å². The van der Waals surface area contributed by atoms with Crippen LogP contribution >= 0.6 is 0 Å². The molecular formula is C10H20N2O. The molecule has 0 N–H and O–H groups in total. The molecule has 0 radical (unpaired) electrons. The van der Waals surface area contributed by atoms with Crippen molar-refractivity contribution in [3.8, 4) is 0 Å². The van der Waals surface area contributed by atoms with Gasteiger partial charge in [-0.3, -0.25) is 4.90 Å². The zero-order valence-electron chi connectivity index (χ0n) is 8.92. The van der Waals surface area contributed by atoms with Crippen molar-refractivity contribution >= 4 is 0 Å². The number of hydrogen-bond acceptors (Lipinski definition) is 3. The molecule has 0 bridgehead atoms. The SMILES string of the molecule is CN1CCN2CC(C)(C)OCC2C1. The van der Waals surface area contributed by atoms with Crippen LogP contribution in [0.1, 0.15) is 13.8 Å². The lowest BCUT2D eigenvalue weighted by molar-refractivity contribution is -0.129. The molecule has 2 saturated heterocycles. The number of likely N-dealkylation sites (N-methyl/N-ethyl adjacent to an activating group) is 1. The minimum Gasteiger partial charge on any atom is -0.373 e. The van der Waals surface area contributed by atoms with Crippen molar-refractivity contribution in [2.24, 2.45) is 0 Å². The van der Waals surface area contributed by atoms with Gasteiger partial charge in [0.2, 0.25) is 0 Å². The maximum atomic E-state index is 5.81. The molecule has 2 rings (SSSR count). The van der Waals surface area contributed by atoms with Crippen LogP contribution in [0.25, 0.3) is 0 Å². The molecular weight excluding hydrogens is 164 g/mol. The van der Waals surface area contributed by atoms with Gasteiger partial charge in [-0.05, 0) is 20.9 Å². The maximum Gasteiger partial charge on any atom is 0.0753 e. The van der Waals surface area contributed by atoms with Gasteiger partial charge in [0.25, 0.3) is 0 Å². The highest BCUT2D eigenvalue weighted by molar-refractivity contribution is 4.89. The zero-order chi connectivity index (χ0) is 9.47. The summed E-state index contributed by atoms with van der Waals surface area (Å²) in [5, 5.41) is 0. The number of fused-ring (bicyclic) bond motifs is 1. The van der Waals surface area contributed by atoms with Crippen LogP contribution in [0.4, 0.5) is 0 Å². The van der Waals surface area contributed by atoms with E-state index in [0.29, 0.717) is 6.04 Å². The molecule has 3 heteroatoms. The van der Waals surface area contributed by atoms with Crippen LogP contribution in [-0.4, -0.2) is 61.3 Å². The molecule has 2 fully saturated rings. The van der Waals surface area contributed by atoms with Crippen LogP contribution in [0.5, 0.6) is 0 Å². The fourth-order valence-electron chi connectivity index (χ4n) is 2.27. The molecule has 13 heavy (non-hydrogen) atoms. The van der Waals surface area contributed by atoms with Gasteiger partial charge < -0.3 is 9.64 Å². The van der Waals surface area contributed by atoms with Crippen molar-refractivity contribution in [3.63, 3.8) is 0 Å². The van der Waals surface area contributed by atoms with Crippen molar-refractivity contribution in [1.29, 1.82) is 0 Å². The lowest BCUT2D eigenvalue weighted by atomic mass is 10.0. The second-order valence-electron chi connectivity index (χ2n) is 4.96. The number of rotatable bonds is 0. The van der Waals surface area contributed by atoms with Gasteiger partial charge in [0.05, 0.1) is 12.2 Å². The van der Waals surface area contributed by atoms with Crippen LogP contribution < -0.4 is 0 Å². The summed E-state index contributed by atoms with van der Waals surface area (Å²) in [5.41, 5.74) is 0.0619. The first kappa shape index (κ1) is 9.44. The predicted octanol–water partition coefficient (Wildman–Crippen LogP) is 0.411. The Balaban J connectivity index is 1.98. The van der Waals surface area contributed by atoms with Crippen LogP contribution in [-0.2, 0) is 4.74 Å². The number of ether oxygens (including phenoxy) is 1. The molecule has 0 spiro atoms. The Morgan fingerprint density at radius 3 is 2.85 bits per heavy atom. The third kappa shape index (κ3) is 2.03. The van der Waals surface area contributed by atoms with Crippen LogP contribution in [0.15, 0.2) is 0 Å². The van der Waals surface area contributed by atoms with E-state index in [4.69, 9.17) is 4.74 Å². The topological polar surface area (TPSA) is 15.7 Å². The van der Waals surface area contributed by atoms with E-state index in [2.05, 4.69) is 30.7 Å². The van der Waals surface area contributed by atoms with E-state index in [1.807, 2.05) is 0 Å². The van der Waals surface area contributed by atoms with Crippen LogP contribution in [0.3, 0.4) is 0 Å². The Morgan fingerprint density at radius 2 is 2.08 bits per heavy atom. The Bertz CT molecular complexity index is 193. The van der Waals surface area contributed by atoms with Gasteiger partial charge >= 0.3 is 0 Å². The zero-order valence-corrected chi connectivity index (χ0v) is 8.92. The summed E-state index contributed by atoms with van der Waals surface area (Å²) < 4.78 is 5.81. The first-order chi connectivity index (χ1) is 6.07. The van der Waals surface area contributed by atoms with Gasteiger partial charge in [-0.15, -0.1) is 0 Å².